The molecule has 3 rings (SSSR count). The first-order valence-electron chi connectivity index (χ1n) is 6.97. The molecule has 116 valence electrons. The second-order valence-electron chi connectivity index (χ2n) is 5.25. The lowest BCUT2D eigenvalue weighted by Gasteiger charge is -2.19. The van der Waals surface area contributed by atoms with Gasteiger partial charge in [0.25, 0.3) is 0 Å². The number of aromatic nitrogens is 2. The summed E-state index contributed by atoms with van der Waals surface area (Å²) < 4.78 is 0. The number of rotatable bonds is 2. The van der Waals surface area contributed by atoms with Gasteiger partial charge < -0.3 is 5.11 Å². The van der Waals surface area contributed by atoms with E-state index >= 15 is 0 Å². The molecule has 1 atom stereocenters. The first-order valence-corrected chi connectivity index (χ1v) is 7.34. The van der Waals surface area contributed by atoms with Crippen molar-refractivity contribution in [2.75, 3.05) is 5.01 Å². The van der Waals surface area contributed by atoms with Crippen LogP contribution in [0.2, 0.25) is 5.02 Å². The van der Waals surface area contributed by atoms with Crippen molar-refractivity contribution >= 4 is 17.5 Å². The lowest BCUT2D eigenvalue weighted by molar-refractivity contribution is 0.385. The summed E-state index contributed by atoms with van der Waals surface area (Å²) in [5.74, 6) is 0.0988. The maximum atomic E-state index is 10.4. The second kappa shape index (κ2) is 5.88. The van der Waals surface area contributed by atoms with Crippen LogP contribution in [0.15, 0.2) is 41.8 Å². The van der Waals surface area contributed by atoms with E-state index in [1.807, 2.05) is 26.0 Å². The Kier molecular flexibility index (Phi) is 3.90. The second-order valence-corrected chi connectivity index (χ2v) is 5.69. The van der Waals surface area contributed by atoms with Crippen LogP contribution < -0.4 is 10.4 Å². The lowest BCUT2D eigenvalue weighted by atomic mass is 10.0. The van der Waals surface area contributed by atoms with Gasteiger partial charge in [-0.25, -0.2) is 20.4 Å². The molecule has 7 heteroatoms. The first kappa shape index (κ1) is 15.3. The summed E-state index contributed by atoms with van der Waals surface area (Å²) in [5.41, 5.74) is 5.63. The Morgan fingerprint density at radius 3 is 2.39 bits per heavy atom. The summed E-state index contributed by atoms with van der Waals surface area (Å²) >= 11 is 5.90. The van der Waals surface area contributed by atoms with Crippen LogP contribution in [0.25, 0.3) is 0 Å². The molecular weight excluding hydrogens is 314 g/mol. The van der Waals surface area contributed by atoms with E-state index in [-0.39, 0.29) is 11.5 Å². The van der Waals surface area contributed by atoms with E-state index in [1.54, 1.807) is 24.3 Å². The molecule has 1 aliphatic heterocycles. The Labute approximate surface area is 138 Å². The number of hydrogen-bond acceptors (Lipinski definition) is 6. The van der Waals surface area contributed by atoms with Gasteiger partial charge in [0.05, 0.1) is 6.04 Å². The van der Waals surface area contributed by atoms with Gasteiger partial charge >= 0.3 is 0 Å². The molecule has 0 fully saturated rings. The van der Waals surface area contributed by atoms with Gasteiger partial charge in [-0.3, -0.25) is 0 Å². The molecule has 0 unspecified atom stereocenters. The zero-order valence-corrected chi connectivity index (χ0v) is 13.3. The molecule has 0 radical (unpaired) electrons. The molecule has 0 saturated heterocycles. The third kappa shape index (κ3) is 2.84. The SMILES string of the molecule is Cc1cc(C)nc(N2N[C@@H](c3ccc(Cl)cc3)C(C#N)=C2O)n1. The molecule has 1 aromatic heterocycles. The lowest BCUT2D eigenvalue weighted by Crippen LogP contribution is -2.35. The summed E-state index contributed by atoms with van der Waals surface area (Å²) in [4.78, 5) is 8.61. The van der Waals surface area contributed by atoms with E-state index in [0.717, 1.165) is 17.0 Å². The number of aliphatic hydroxyl groups is 1. The van der Waals surface area contributed by atoms with Crippen molar-refractivity contribution in [1.82, 2.24) is 15.4 Å². The van der Waals surface area contributed by atoms with Crippen molar-refractivity contribution in [3.05, 3.63) is 63.8 Å². The monoisotopic (exact) mass is 327 g/mol. The number of nitrogens with one attached hydrogen (secondary N) is 1. The highest BCUT2D eigenvalue weighted by atomic mass is 35.5. The molecule has 0 spiro atoms. The van der Waals surface area contributed by atoms with Gasteiger partial charge in [-0.1, -0.05) is 23.7 Å². The molecule has 1 aliphatic rings. The van der Waals surface area contributed by atoms with E-state index in [0.29, 0.717) is 11.0 Å². The molecule has 0 aliphatic carbocycles. The maximum absolute atomic E-state index is 10.4. The average molecular weight is 328 g/mol. The Balaban J connectivity index is 2.01. The molecular formula is C16H14ClN5O. The van der Waals surface area contributed by atoms with Crippen LogP contribution in [0, 0.1) is 25.2 Å². The number of aliphatic hydroxyl groups excluding tert-OH is 1. The van der Waals surface area contributed by atoms with Crippen molar-refractivity contribution in [1.29, 1.82) is 5.26 Å². The van der Waals surface area contributed by atoms with Crippen molar-refractivity contribution in [2.45, 2.75) is 19.9 Å². The highest BCUT2D eigenvalue weighted by molar-refractivity contribution is 6.30. The third-order valence-electron chi connectivity index (χ3n) is 3.49. The van der Waals surface area contributed by atoms with Gasteiger partial charge in [-0.2, -0.15) is 5.26 Å². The predicted molar refractivity (Wildman–Crippen MR) is 86.6 cm³/mol. The molecule has 6 nitrogen and oxygen atoms in total. The van der Waals surface area contributed by atoms with Crippen molar-refractivity contribution in [3.8, 4) is 6.07 Å². The number of hydrogen-bond donors (Lipinski definition) is 2. The normalized spacial score (nSPS) is 17.5. The van der Waals surface area contributed by atoms with Gasteiger partial charge in [0.15, 0.2) is 0 Å². The fourth-order valence-corrected chi connectivity index (χ4v) is 2.60. The summed E-state index contributed by atoms with van der Waals surface area (Å²) in [5, 5.41) is 21.7. The quantitative estimate of drug-likeness (QED) is 0.881. The molecule has 0 bridgehead atoms. The van der Waals surface area contributed by atoms with E-state index < -0.39 is 6.04 Å². The zero-order valence-electron chi connectivity index (χ0n) is 12.6. The van der Waals surface area contributed by atoms with Gasteiger partial charge in [0, 0.05) is 16.4 Å². The minimum atomic E-state index is -0.485. The van der Waals surface area contributed by atoms with Crippen LogP contribution in [0.5, 0.6) is 0 Å². The molecule has 0 saturated carbocycles. The molecule has 0 amide bonds. The Morgan fingerprint density at radius 1 is 1.22 bits per heavy atom. The fourth-order valence-electron chi connectivity index (χ4n) is 2.48. The Bertz CT molecular complexity index is 805. The van der Waals surface area contributed by atoms with Crippen LogP contribution in [0.3, 0.4) is 0 Å². The largest absolute Gasteiger partial charge is 0.493 e. The number of aryl methyl sites for hydroxylation is 2. The predicted octanol–water partition coefficient (Wildman–Crippen LogP) is 3.11. The highest BCUT2D eigenvalue weighted by Gasteiger charge is 2.35. The summed E-state index contributed by atoms with van der Waals surface area (Å²) in [6.45, 7) is 3.69. The molecule has 2 heterocycles. The molecule has 2 aromatic rings. The smallest absolute Gasteiger partial charge is 0.247 e. The van der Waals surface area contributed by atoms with Crippen molar-refractivity contribution in [2.24, 2.45) is 0 Å². The van der Waals surface area contributed by atoms with E-state index in [1.165, 1.54) is 5.01 Å². The van der Waals surface area contributed by atoms with Crippen LogP contribution in [0.1, 0.15) is 23.0 Å². The van der Waals surface area contributed by atoms with E-state index in [9.17, 15) is 10.4 Å². The number of hydrazine groups is 1. The van der Waals surface area contributed by atoms with E-state index in [4.69, 9.17) is 11.6 Å². The minimum absolute atomic E-state index is 0.197. The molecule has 23 heavy (non-hydrogen) atoms. The third-order valence-corrected chi connectivity index (χ3v) is 3.75. The maximum Gasteiger partial charge on any atom is 0.247 e. The zero-order chi connectivity index (χ0) is 16.6. The number of benzene rings is 1. The summed E-state index contributed by atoms with van der Waals surface area (Å²) in [6.07, 6.45) is 0. The summed E-state index contributed by atoms with van der Waals surface area (Å²) in [6, 6.07) is 10.5. The van der Waals surface area contributed by atoms with Crippen LogP contribution in [-0.4, -0.2) is 15.1 Å². The number of nitriles is 1. The van der Waals surface area contributed by atoms with Gasteiger partial charge in [0.1, 0.15) is 11.6 Å². The van der Waals surface area contributed by atoms with Crippen LogP contribution in [0.4, 0.5) is 5.95 Å². The number of nitrogens with zero attached hydrogens (tertiary/aromatic N) is 4. The van der Waals surface area contributed by atoms with Crippen molar-refractivity contribution < 1.29 is 5.11 Å². The van der Waals surface area contributed by atoms with Crippen molar-refractivity contribution in [3.63, 3.8) is 0 Å². The molecule has 1 aromatic carbocycles. The topological polar surface area (TPSA) is 85.1 Å². The average Bonchev–Trinajstić information content (AvgIpc) is 2.84. The highest BCUT2D eigenvalue weighted by Crippen LogP contribution is 2.32. The molecule has 2 N–H and O–H groups in total. The van der Waals surface area contributed by atoms with Gasteiger partial charge in [-0.15, -0.1) is 0 Å². The van der Waals surface area contributed by atoms with Gasteiger partial charge in [-0.05, 0) is 37.6 Å². The van der Waals surface area contributed by atoms with E-state index in [2.05, 4.69) is 15.4 Å². The minimum Gasteiger partial charge on any atom is -0.493 e. The first-order chi connectivity index (χ1) is 11.0. The Hall–Kier alpha value is -2.62. The summed E-state index contributed by atoms with van der Waals surface area (Å²) in [7, 11) is 0. The van der Waals surface area contributed by atoms with Crippen LogP contribution >= 0.6 is 11.6 Å². The van der Waals surface area contributed by atoms with Crippen LogP contribution in [-0.2, 0) is 0 Å². The van der Waals surface area contributed by atoms with Gasteiger partial charge in [0.2, 0.25) is 11.8 Å². The fraction of sp³-hybridized carbons (Fsp3) is 0.188. The standard InChI is InChI=1S/C16H14ClN5O/c1-9-7-10(2)20-16(19-9)22-15(23)13(8-18)14(21-22)11-3-5-12(17)6-4-11/h3-7,14,21,23H,1-2H3/t14-/m0/s1. The number of anilines is 1. The number of halogens is 1. The Morgan fingerprint density at radius 2 is 1.83 bits per heavy atom.